The van der Waals surface area contributed by atoms with Gasteiger partial charge in [-0.3, -0.25) is 4.90 Å². The number of hydrogen-bond acceptors (Lipinski definition) is 9. The number of aryl methyl sites for hydroxylation is 1. The number of aromatic nitrogens is 2. The van der Waals surface area contributed by atoms with Crippen LogP contribution in [0.1, 0.15) is 44.6 Å². The van der Waals surface area contributed by atoms with Gasteiger partial charge in [-0.15, -0.1) is 0 Å². The lowest BCUT2D eigenvalue weighted by Gasteiger charge is -2.37. The van der Waals surface area contributed by atoms with Crippen molar-refractivity contribution in [2.45, 2.75) is 63.3 Å². The van der Waals surface area contributed by atoms with Gasteiger partial charge in [0.15, 0.2) is 5.82 Å². The molecule has 2 aromatic heterocycles. The Labute approximate surface area is 246 Å². The van der Waals surface area contributed by atoms with Gasteiger partial charge in [-0.1, -0.05) is 12.1 Å². The van der Waals surface area contributed by atoms with E-state index in [0.29, 0.717) is 43.3 Å². The highest BCUT2D eigenvalue weighted by Gasteiger charge is 2.49. The predicted octanol–water partition coefficient (Wildman–Crippen LogP) is 4.86. The number of piperidine rings is 1. The van der Waals surface area contributed by atoms with Crippen molar-refractivity contribution in [3.63, 3.8) is 0 Å². The maximum absolute atomic E-state index is 15.1. The first-order valence-corrected chi connectivity index (χ1v) is 14.8. The zero-order chi connectivity index (χ0) is 30.1. The number of phenolic OH excluding ortho intramolecular Hbond substituents is 1. The molecule has 0 aliphatic carbocycles. The molecule has 4 aromatic rings. The van der Waals surface area contributed by atoms with Crippen LogP contribution in [-0.4, -0.2) is 75.2 Å². The molecule has 226 valence electrons. The van der Waals surface area contributed by atoms with Crippen molar-refractivity contribution in [1.82, 2.24) is 14.9 Å². The number of fused-ring (bicyclic) bond motifs is 3. The van der Waals surface area contributed by atoms with E-state index in [1.807, 2.05) is 4.90 Å². The van der Waals surface area contributed by atoms with E-state index in [-0.39, 0.29) is 58.3 Å². The summed E-state index contributed by atoms with van der Waals surface area (Å²) in [7, 11) is 0. The van der Waals surface area contributed by atoms with E-state index in [0.717, 1.165) is 19.4 Å². The lowest BCUT2D eigenvalue weighted by atomic mass is 9.95. The Morgan fingerprint density at radius 1 is 1.16 bits per heavy atom. The maximum atomic E-state index is 15.1. The van der Waals surface area contributed by atoms with Gasteiger partial charge in [-0.05, 0) is 69.7 Å². The van der Waals surface area contributed by atoms with E-state index in [1.165, 1.54) is 18.2 Å². The van der Waals surface area contributed by atoms with Crippen LogP contribution in [0.5, 0.6) is 11.8 Å². The second kappa shape index (κ2) is 10.1. The van der Waals surface area contributed by atoms with E-state index >= 15 is 4.39 Å². The summed E-state index contributed by atoms with van der Waals surface area (Å²) in [6.45, 7) is 5.64. The molecular weight excluding hydrogens is 558 g/mol. The molecule has 0 amide bonds. The number of anilines is 1. The average molecular weight is 593 g/mol. The fourth-order valence-corrected chi connectivity index (χ4v) is 7.36. The number of nitrogens with zero attached hydrogens (tertiary/aromatic N) is 4. The van der Waals surface area contributed by atoms with E-state index in [1.54, 1.807) is 26.0 Å². The molecule has 3 aliphatic rings. The summed E-state index contributed by atoms with van der Waals surface area (Å²) >= 11 is 0. The molecule has 0 bridgehead atoms. The zero-order valence-corrected chi connectivity index (χ0v) is 24.2. The van der Waals surface area contributed by atoms with Gasteiger partial charge in [0.2, 0.25) is 0 Å². The number of phenols is 1. The van der Waals surface area contributed by atoms with Crippen molar-refractivity contribution in [1.29, 1.82) is 0 Å². The third-order valence-electron chi connectivity index (χ3n) is 9.32. The number of ether oxygens (including phenoxy) is 1. The van der Waals surface area contributed by atoms with E-state index in [4.69, 9.17) is 9.15 Å². The lowest BCUT2D eigenvalue weighted by molar-refractivity contribution is 0.0447. The number of halogens is 2. The first-order valence-electron chi connectivity index (χ1n) is 14.8. The van der Waals surface area contributed by atoms with Crippen LogP contribution in [0.3, 0.4) is 0 Å². The van der Waals surface area contributed by atoms with Crippen LogP contribution in [-0.2, 0) is 0 Å². The normalized spacial score (nSPS) is 26.0. The van der Waals surface area contributed by atoms with Crippen molar-refractivity contribution in [3.05, 3.63) is 52.1 Å². The summed E-state index contributed by atoms with van der Waals surface area (Å²) in [5, 5.41) is 22.1. The van der Waals surface area contributed by atoms with Crippen LogP contribution >= 0.6 is 0 Å². The third kappa shape index (κ3) is 4.78. The molecule has 0 radical (unpaired) electrons. The van der Waals surface area contributed by atoms with Gasteiger partial charge in [-0.25, -0.2) is 13.6 Å². The van der Waals surface area contributed by atoms with Gasteiger partial charge in [0.25, 0.3) is 0 Å². The molecule has 0 spiro atoms. The molecule has 7 rings (SSSR count). The fraction of sp³-hybridized carbons (Fsp3) is 0.469. The summed E-state index contributed by atoms with van der Waals surface area (Å²) in [5.74, 6) is -0.283. The maximum Gasteiger partial charge on any atom is 0.349 e. The molecule has 2 N–H and O–H groups in total. The summed E-state index contributed by atoms with van der Waals surface area (Å²) in [5.41, 5.74) is -1.24. The molecule has 43 heavy (non-hydrogen) atoms. The number of alkyl halides is 1. The van der Waals surface area contributed by atoms with Crippen molar-refractivity contribution in [3.8, 4) is 23.1 Å². The molecule has 3 fully saturated rings. The number of benzene rings is 2. The van der Waals surface area contributed by atoms with Crippen LogP contribution in [0.4, 0.5) is 14.6 Å². The van der Waals surface area contributed by atoms with Crippen LogP contribution in [0.2, 0.25) is 0 Å². The molecule has 11 heteroatoms. The molecule has 9 nitrogen and oxygen atoms in total. The Hall–Kier alpha value is -3.83. The SMILES string of the molecule is Cc1c(-c2cc(O)cc3cccc(F)c23)oc(=O)c2c(N3CCC[C@@](C)(O)C3)nc(OC[C@@]34CCCN3C[C@H](F)C4)nc12. The summed E-state index contributed by atoms with van der Waals surface area (Å²) in [6.07, 6.45) is 2.52. The quantitative estimate of drug-likeness (QED) is 0.336. The molecule has 3 atom stereocenters. The minimum atomic E-state index is -0.993. The monoisotopic (exact) mass is 592 g/mol. The van der Waals surface area contributed by atoms with E-state index in [9.17, 15) is 19.4 Å². The average Bonchev–Trinajstić information content (AvgIpc) is 3.48. The highest BCUT2D eigenvalue weighted by Crippen LogP contribution is 2.42. The van der Waals surface area contributed by atoms with Gasteiger partial charge >= 0.3 is 11.6 Å². The van der Waals surface area contributed by atoms with Crippen LogP contribution in [0.25, 0.3) is 33.0 Å². The van der Waals surface area contributed by atoms with Gasteiger partial charge in [0.05, 0.1) is 16.7 Å². The number of aromatic hydroxyl groups is 1. The highest BCUT2D eigenvalue weighted by atomic mass is 19.1. The third-order valence-corrected chi connectivity index (χ3v) is 9.32. The number of rotatable bonds is 5. The number of β-amino-alcohol motifs (C(OH)–C–C–N with tert-alkyl or cyclic N) is 1. The highest BCUT2D eigenvalue weighted by molar-refractivity contribution is 6.00. The largest absolute Gasteiger partial charge is 0.508 e. The van der Waals surface area contributed by atoms with Crippen molar-refractivity contribution in [2.24, 2.45) is 0 Å². The Morgan fingerprint density at radius 2 is 1.98 bits per heavy atom. The first kappa shape index (κ1) is 28.0. The zero-order valence-electron chi connectivity index (χ0n) is 24.2. The minimum Gasteiger partial charge on any atom is -0.508 e. The Kier molecular flexibility index (Phi) is 6.59. The second-order valence-electron chi connectivity index (χ2n) is 12.6. The Bertz CT molecular complexity index is 1810. The molecular formula is C32H34F2N4O5. The number of hydrogen-bond donors (Lipinski definition) is 2. The van der Waals surface area contributed by atoms with E-state index in [2.05, 4.69) is 14.9 Å². The first-order chi connectivity index (χ1) is 20.5. The summed E-state index contributed by atoms with van der Waals surface area (Å²) in [6, 6.07) is 7.36. The van der Waals surface area contributed by atoms with Crippen molar-refractivity contribution < 1.29 is 28.1 Å². The predicted molar refractivity (Wildman–Crippen MR) is 158 cm³/mol. The molecule has 5 heterocycles. The van der Waals surface area contributed by atoms with Gasteiger partial charge in [-0.2, -0.15) is 9.97 Å². The standard InChI is InChI=1S/C32H34F2N4O5/c1-18-26-25(29(40)43-27(18)22-13-21(39)12-19-6-3-7-23(34)24(19)22)28(37-10-4-8-31(2,41)16-37)36-30(35-26)42-17-32-9-5-11-38(32)15-20(33)14-32/h3,6-7,12-13,20,39,41H,4-5,8-11,14-17H2,1-2H3/t20-,31-,32+/m1/s1. The van der Waals surface area contributed by atoms with Crippen LogP contribution < -0.4 is 15.3 Å². The summed E-state index contributed by atoms with van der Waals surface area (Å²) in [4.78, 5) is 27.1. The Balaban J connectivity index is 1.40. The van der Waals surface area contributed by atoms with E-state index < -0.39 is 28.8 Å². The molecule has 3 aliphatic heterocycles. The second-order valence-corrected chi connectivity index (χ2v) is 12.6. The lowest BCUT2D eigenvalue weighted by Crippen LogP contribution is -2.47. The minimum absolute atomic E-state index is 0.0304. The Morgan fingerprint density at radius 3 is 2.79 bits per heavy atom. The van der Waals surface area contributed by atoms with Gasteiger partial charge in [0, 0.05) is 42.6 Å². The van der Waals surface area contributed by atoms with Crippen molar-refractivity contribution in [2.75, 3.05) is 37.7 Å². The summed E-state index contributed by atoms with van der Waals surface area (Å²) < 4.78 is 41.7. The molecule has 2 aromatic carbocycles. The molecule has 3 saturated heterocycles. The molecule has 0 saturated carbocycles. The topological polar surface area (TPSA) is 112 Å². The van der Waals surface area contributed by atoms with Crippen molar-refractivity contribution >= 4 is 27.5 Å². The van der Waals surface area contributed by atoms with Crippen LogP contribution in [0, 0.1) is 12.7 Å². The fourth-order valence-electron chi connectivity index (χ4n) is 7.36. The molecule has 0 unspecified atom stereocenters. The smallest absolute Gasteiger partial charge is 0.349 e. The van der Waals surface area contributed by atoms with Gasteiger partial charge < -0.3 is 24.3 Å². The number of aliphatic hydroxyl groups is 1. The van der Waals surface area contributed by atoms with Gasteiger partial charge in [0.1, 0.15) is 35.5 Å². The van der Waals surface area contributed by atoms with Crippen LogP contribution in [0.15, 0.2) is 39.5 Å².